The minimum Gasteiger partial charge on any atom is -0.336 e. The van der Waals surface area contributed by atoms with Gasteiger partial charge in [-0.2, -0.15) is 0 Å². The zero-order valence-electron chi connectivity index (χ0n) is 14.1. The predicted molar refractivity (Wildman–Crippen MR) is 92.0 cm³/mol. The summed E-state index contributed by atoms with van der Waals surface area (Å²) in [5.41, 5.74) is -0.639. The Kier molecular flexibility index (Phi) is 6.57. The highest BCUT2D eigenvalue weighted by atomic mass is 32.2. The number of carbonyl (C=O) groups excluding carboxylic acids is 1. The first-order valence-electron chi connectivity index (χ1n) is 8.25. The number of halogens is 2. The molecule has 0 unspecified atom stereocenters. The minimum absolute atomic E-state index is 0.0700. The van der Waals surface area contributed by atoms with E-state index in [1.54, 1.807) is 0 Å². The molecule has 0 aromatic heterocycles. The fourth-order valence-corrected chi connectivity index (χ4v) is 3.85. The SMILES string of the molecule is CS(=O)(=O)N(CCNC(=O)NC1CCCCC1)c1c(F)cccc1F. The van der Waals surface area contributed by atoms with Crippen LogP contribution in [0.2, 0.25) is 0 Å². The molecule has 0 aliphatic heterocycles. The van der Waals surface area contributed by atoms with E-state index in [0.717, 1.165) is 56.6 Å². The van der Waals surface area contributed by atoms with Crippen molar-refractivity contribution in [1.82, 2.24) is 10.6 Å². The number of carbonyl (C=O) groups is 1. The molecule has 2 rings (SSSR count). The number of hydrogen-bond donors (Lipinski definition) is 2. The third-order valence-corrected chi connectivity index (χ3v) is 5.29. The number of anilines is 1. The van der Waals surface area contributed by atoms with Crippen LogP contribution in [0, 0.1) is 11.6 Å². The van der Waals surface area contributed by atoms with Gasteiger partial charge in [-0.1, -0.05) is 25.3 Å². The number of urea groups is 1. The lowest BCUT2D eigenvalue weighted by atomic mass is 9.96. The number of para-hydroxylation sites is 1. The molecule has 1 aliphatic carbocycles. The fraction of sp³-hybridized carbons (Fsp3) is 0.562. The van der Waals surface area contributed by atoms with Crippen molar-refractivity contribution in [2.45, 2.75) is 38.1 Å². The van der Waals surface area contributed by atoms with Crippen LogP contribution in [0.15, 0.2) is 18.2 Å². The van der Waals surface area contributed by atoms with Gasteiger partial charge in [-0.3, -0.25) is 4.31 Å². The Balaban J connectivity index is 1.96. The van der Waals surface area contributed by atoms with Crippen LogP contribution in [0.1, 0.15) is 32.1 Å². The number of nitrogens with zero attached hydrogens (tertiary/aromatic N) is 1. The van der Waals surface area contributed by atoms with Gasteiger partial charge < -0.3 is 10.6 Å². The highest BCUT2D eigenvalue weighted by molar-refractivity contribution is 7.92. The van der Waals surface area contributed by atoms with Gasteiger partial charge in [-0.25, -0.2) is 22.0 Å². The highest BCUT2D eigenvalue weighted by Gasteiger charge is 2.24. The predicted octanol–water partition coefficient (Wildman–Crippen LogP) is 2.36. The second kappa shape index (κ2) is 8.46. The monoisotopic (exact) mass is 375 g/mol. The minimum atomic E-state index is -3.91. The summed E-state index contributed by atoms with van der Waals surface area (Å²) < 4.78 is 52.2. The van der Waals surface area contributed by atoms with Crippen molar-refractivity contribution >= 4 is 21.7 Å². The first kappa shape index (κ1) is 19.4. The van der Waals surface area contributed by atoms with Crippen LogP contribution < -0.4 is 14.9 Å². The molecular weight excluding hydrogens is 352 g/mol. The van der Waals surface area contributed by atoms with Crippen LogP contribution in [0.25, 0.3) is 0 Å². The summed E-state index contributed by atoms with van der Waals surface area (Å²) in [5.74, 6) is -1.95. The van der Waals surface area contributed by atoms with E-state index < -0.39 is 33.4 Å². The first-order valence-corrected chi connectivity index (χ1v) is 10.1. The van der Waals surface area contributed by atoms with Crippen molar-refractivity contribution in [3.8, 4) is 0 Å². The highest BCUT2D eigenvalue weighted by Crippen LogP contribution is 2.25. The molecule has 0 saturated heterocycles. The molecule has 2 N–H and O–H groups in total. The van der Waals surface area contributed by atoms with Gasteiger partial charge in [0, 0.05) is 12.6 Å². The maximum Gasteiger partial charge on any atom is 0.315 e. The average molecular weight is 375 g/mol. The van der Waals surface area contributed by atoms with E-state index in [1.807, 2.05) is 0 Å². The van der Waals surface area contributed by atoms with Gasteiger partial charge >= 0.3 is 6.03 Å². The molecule has 0 spiro atoms. The molecule has 1 aromatic carbocycles. The lowest BCUT2D eigenvalue weighted by Gasteiger charge is -2.25. The summed E-state index contributed by atoms with van der Waals surface area (Å²) >= 11 is 0. The normalized spacial score (nSPS) is 15.6. The summed E-state index contributed by atoms with van der Waals surface area (Å²) in [6.07, 6.45) is 6.00. The summed E-state index contributed by atoms with van der Waals surface area (Å²) in [7, 11) is -3.91. The van der Waals surface area contributed by atoms with Crippen molar-refractivity contribution < 1.29 is 22.0 Å². The van der Waals surface area contributed by atoms with Gasteiger partial charge in [-0.15, -0.1) is 0 Å². The Morgan fingerprint density at radius 3 is 2.36 bits per heavy atom. The smallest absolute Gasteiger partial charge is 0.315 e. The van der Waals surface area contributed by atoms with Crippen LogP contribution >= 0.6 is 0 Å². The lowest BCUT2D eigenvalue weighted by Crippen LogP contribution is -2.46. The molecular formula is C16H23F2N3O3S. The molecule has 0 radical (unpaired) electrons. The number of hydrogen-bond acceptors (Lipinski definition) is 3. The zero-order valence-corrected chi connectivity index (χ0v) is 14.9. The number of benzene rings is 1. The van der Waals surface area contributed by atoms with Crippen molar-refractivity contribution in [2.24, 2.45) is 0 Å². The third kappa shape index (κ3) is 5.55. The summed E-state index contributed by atoms with van der Waals surface area (Å²) in [5, 5.41) is 5.37. The van der Waals surface area contributed by atoms with Crippen LogP contribution in [-0.4, -0.2) is 39.8 Å². The van der Waals surface area contributed by atoms with Gasteiger partial charge in [0.2, 0.25) is 10.0 Å². The molecule has 1 aromatic rings. The molecule has 0 heterocycles. The van der Waals surface area contributed by atoms with Crippen LogP contribution in [0.3, 0.4) is 0 Å². The van der Waals surface area contributed by atoms with Crippen LogP contribution in [-0.2, 0) is 10.0 Å². The third-order valence-electron chi connectivity index (χ3n) is 4.13. The van der Waals surface area contributed by atoms with Crippen LogP contribution in [0.4, 0.5) is 19.3 Å². The summed E-state index contributed by atoms with van der Waals surface area (Å²) in [6, 6.07) is 2.84. The van der Waals surface area contributed by atoms with E-state index in [9.17, 15) is 22.0 Å². The topological polar surface area (TPSA) is 78.5 Å². The quantitative estimate of drug-likeness (QED) is 0.801. The van der Waals surface area contributed by atoms with Gasteiger partial charge in [0.05, 0.1) is 12.8 Å². The maximum atomic E-state index is 13.9. The van der Waals surface area contributed by atoms with Crippen molar-refractivity contribution in [3.05, 3.63) is 29.8 Å². The van der Waals surface area contributed by atoms with E-state index in [-0.39, 0.29) is 19.1 Å². The summed E-state index contributed by atoms with van der Waals surface area (Å²) in [6.45, 7) is -0.339. The Bertz CT molecular complexity index is 686. The summed E-state index contributed by atoms with van der Waals surface area (Å²) in [4.78, 5) is 11.9. The van der Waals surface area contributed by atoms with Crippen LogP contribution in [0.5, 0.6) is 0 Å². The van der Waals surface area contributed by atoms with Gasteiger partial charge in [0.25, 0.3) is 0 Å². The van der Waals surface area contributed by atoms with E-state index in [2.05, 4.69) is 10.6 Å². The Hall–Kier alpha value is -1.90. The van der Waals surface area contributed by atoms with Gasteiger partial charge in [0.15, 0.2) is 11.6 Å². The number of amides is 2. The maximum absolute atomic E-state index is 13.9. The second-order valence-electron chi connectivity index (χ2n) is 6.14. The van der Waals surface area contributed by atoms with E-state index in [1.165, 1.54) is 0 Å². The molecule has 1 saturated carbocycles. The number of sulfonamides is 1. The fourth-order valence-electron chi connectivity index (χ4n) is 2.93. The molecule has 25 heavy (non-hydrogen) atoms. The largest absolute Gasteiger partial charge is 0.336 e. The molecule has 6 nitrogen and oxygen atoms in total. The number of rotatable bonds is 6. The van der Waals surface area contributed by atoms with E-state index in [4.69, 9.17) is 0 Å². The molecule has 1 fully saturated rings. The Labute approximate surface area is 146 Å². The molecule has 0 bridgehead atoms. The first-order chi connectivity index (χ1) is 11.8. The van der Waals surface area contributed by atoms with Crippen molar-refractivity contribution in [3.63, 3.8) is 0 Å². The molecule has 2 amide bonds. The standard InChI is InChI=1S/C16H23F2N3O3S/c1-25(23,24)21(15-13(17)8-5-9-14(15)18)11-10-19-16(22)20-12-6-3-2-4-7-12/h5,8-9,12H,2-4,6-7,10-11H2,1H3,(H2,19,20,22). The van der Waals surface area contributed by atoms with E-state index in [0.29, 0.717) is 4.31 Å². The average Bonchev–Trinajstić information content (AvgIpc) is 2.53. The number of nitrogens with one attached hydrogen (secondary N) is 2. The lowest BCUT2D eigenvalue weighted by molar-refractivity contribution is 0.233. The van der Waals surface area contributed by atoms with E-state index >= 15 is 0 Å². The molecule has 9 heteroatoms. The molecule has 0 atom stereocenters. The molecule has 140 valence electrons. The second-order valence-corrected chi connectivity index (χ2v) is 8.05. The Morgan fingerprint density at radius 2 is 1.80 bits per heavy atom. The van der Waals surface area contributed by atoms with Crippen molar-refractivity contribution in [2.75, 3.05) is 23.7 Å². The zero-order chi connectivity index (χ0) is 18.4. The van der Waals surface area contributed by atoms with Gasteiger partial charge in [0.1, 0.15) is 5.69 Å². The van der Waals surface area contributed by atoms with Gasteiger partial charge in [-0.05, 0) is 25.0 Å². The molecule has 1 aliphatic rings. The van der Waals surface area contributed by atoms with Crippen molar-refractivity contribution in [1.29, 1.82) is 0 Å². The Morgan fingerprint density at radius 1 is 1.20 bits per heavy atom.